The van der Waals surface area contributed by atoms with Crippen LogP contribution in [-0.4, -0.2) is 13.4 Å². The predicted octanol–water partition coefficient (Wildman–Crippen LogP) is 2.94. The average molecular weight is 225 g/mol. The van der Waals surface area contributed by atoms with E-state index in [0.29, 0.717) is 0 Å². The zero-order valence-corrected chi connectivity index (χ0v) is 9.59. The fourth-order valence-corrected chi connectivity index (χ4v) is 1.77. The number of hydrogen-bond donors (Lipinski definition) is 0. The lowest BCUT2D eigenvalue weighted by Gasteiger charge is -2.10. The Kier molecular flexibility index (Phi) is 3.55. The normalized spacial score (nSPS) is 11.8. The van der Waals surface area contributed by atoms with Gasteiger partial charge in [-0.05, 0) is 23.3 Å². The summed E-state index contributed by atoms with van der Waals surface area (Å²) >= 11 is 0. The monoisotopic (exact) mass is 225 g/mol. The van der Waals surface area contributed by atoms with Crippen molar-refractivity contribution in [3.8, 4) is 5.75 Å². The maximum absolute atomic E-state index is 11.1. The van der Waals surface area contributed by atoms with Crippen LogP contribution in [0.3, 0.4) is 0 Å². The summed E-state index contributed by atoms with van der Waals surface area (Å²) < 4.78 is 5.09. The SMILES string of the molecule is COc1ccc(C([C]=O)c2ccccc2)cc1. The van der Waals surface area contributed by atoms with Crippen LogP contribution in [0.5, 0.6) is 5.75 Å². The van der Waals surface area contributed by atoms with E-state index in [0.717, 1.165) is 16.9 Å². The highest BCUT2D eigenvalue weighted by Gasteiger charge is 2.13. The molecule has 1 unspecified atom stereocenters. The average Bonchev–Trinajstić information content (AvgIpc) is 2.42. The Morgan fingerprint density at radius 2 is 1.53 bits per heavy atom. The molecule has 0 bridgehead atoms. The van der Waals surface area contributed by atoms with Crippen LogP contribution in [0, 0.1) is 0 Å². The molecule has 0 N–H and O–H groups in total. The lowest BCUT2D eigenvalue weighted by Crippen LogP contribution is -2.01. The second-order valence-electron chi connectivity index (χ2n) is 3.73. The first-order chi connectivity index (χ1) is 8.35. The number of carbonyl (C=O) groups excluding carboxylic acids is 1. The third-order valence-electron chi connectivity index (χ3n) is 2.70. The molecular formula is C15H13O2. The van der Waals surface area contributed by atoms with E-state index in [2.05, 4.69) is 6.29 Å². The first-order valence-corrected chi connectivity index (χ1v) is 5.41. The van der Waals surface area contributed by atoms with Gasteiger partial charge >= 0.3 is 0 Å². The minimum Gasteiger partial charge on any atom is -0.497 e. The molecule has 0 amide bonds. The quantitative estimate of drug-likeness (QED) is 0.799. The molecule has 0 saturated carbocycles. The van der Waals surface area contributed by atoms with Crippen LogP contribution in [-0.2, 0) is 4.79 Å². The fourth-order valence-electron chi connectivity index (χ4n) is 1.77. The molecule has 0 aromatic heterocycles. The first-order valence-electron chi connectivity index (χ1n) is 5.41. The van der Waals surface area contributed by atoms with Crippen molar-refractivity contribution < 1.29 is 9.53 Å². The zero-order chi connectivity index (χ0) is 12.1. The van der Waals surface area contributed by atoms with Crippen LogP contribution < -0.4 is 4.74 Å². The van der Waals surface area contributed by atoms with E-state index in [-0.39, 0.29) is 5.92 Å². The molecule has 2 rings (SSSR count). The lowest BCUT2D eigenvalue weighted by molar-refractivity contribution is 0.414. The maximum atomic E-state index is 11.1. The standard InChI is InChI=1S/C15H13O2/c1-17-14-9-7-13(8-10-14)15(11-16)12-5-3-2-4-6-12/h2-10,15H,1H3. The van der Waals surface area contributed by atoms with Crippen molar-refractivity contribution in [1.82, 2.24) is 0 Å². The highest BCUT2D eigenvalue weighted by atomic mass is 16.5. The van der Waals surface area contributed by atoms with Gasteiger partial charge in [0.2, 0.25) is 6.29 Å². The summed E-state index contributed by atoms with van der Waals surface area (Å²) in [5, 5.41) is 0. The summed E-state index contributed by atoms with van der Waals surface area (Å²) in [7, 11) is 1.62. The molecule has 2 aromatic carbocycles. The van der Waals surface area contributed by atoms with Crippen molar-refractivity contribution in [2.45, 2.75) is 5.92 Å². The van der Waals surface area contributed by atoms with E-state index >= 15 is 0 Å². The third kappa shape index (κ3) is 2.53. The number of ether oxygens (including phenoxy) is 1. The molecule has 0 heterocycles. The van der Waals surface area contributed by atoms with Gasteiger partial charge in [0.1, 0.15) is 5.75 Å². The number of hydrogen-bond acceptors (Lipinski definition) is 2. The van der Waals surface area contributed by atoms with Crippen molar-refractivity contribution in [3.63, 3.8) is 0 Å². The Morgan fingerprint density at radius 3 is 2.06 bits per heavy atom. The molecule has 0 spiro atoms. The second kappa shape index (κ2) is 5.30. The molecule has 2 heteroatoms. The predicted molar refractivity (Wildman–Crippen MR) is 67.0 cm³/mol. The first kappa shape index (κ1) is 11.4. The molecule has 0 fully saturated rings. The highest BCUT2D eigenvalue weighted by molar-refractivity contribution is 5.69. The van der Waals surface area contributed by atoms with Crippen molar-refractivity contribution in [1.29, 1.82) is 0 Å². The number of benzene rings is 2. The summed E-state index contributed by atoms with van der Waals surface area (Å²) in [6.45, 7) is 0. The molecule has 2 nitrogen and oxygen atoms in total. The molecule has 85 valence electrons. The van der Waals surface area contributed by atoms with Crippen molar-refractivity contribution in [3.05, 3.63) is 65.7 Å². The summed E-state index contributed by atoms with van der Waals surface area (Å²) in [5.74, 6) is 0.452. The molecule has 1 radical (unpaired) electrons. The van der Waals surface area contributed by atoms with Gasteiger partial charge in [-0.1, -0.05) is 42.5 Å². The Morgan fingerprint density at radius 1 is 0.941 bits per heavy atom. The summed E-state index contributed by atoms with van der Waals surface area (Å²) in [4.78, 5) is 11.1. The highest BCUT2D eigenvalue weighted by Crippen LogP contribution is 2.24. The summed E-state index contributed by atoms with van der Waals surface area (Å²) in [6, 6.07) is 17.1. The van der Waals surface area contributed by atoms with E-state index in [1.807, 2.05) is 54.6 Å². The van der Waals surface area contributed by atoms with Crippen LogP contribution in [0.25, 0.3) is 0 Å². The van der Waals surface area contributed by atoms with Gasteiger partial charge in [0, 0.05) is 0 Å². The topological polar surface area (TPSA) is 26.3 Å². The van der Waals surface area contributed by atoms with Crippen molar-refractivity contribution in [2.24, 2.45) is 0 Å². The molecule has 0 aliphatic heterocycles. The van der Waals surface area contributed by atoms with E-state index in [4.69, 9.17) is 4.74 Å². The van der Waals surface area contributed by atoms with Gasteiger partial charge in [-0.2, -0.15) is 0 Å². The van der Waals surface area contributed by atoms with Gasteiger partial charge in [0.05, 0.1) is 13.0 Å². The Balaban J connectivity index is 2.32. The molecule has 0 saturated heterocycles. The minimum atomic E-state index is -0.331. The van der Waals surface area contributed by atoms with Gasteiger partial charge in [-0.15, -0.1) is 0 Å². The van der Waals surface area contributed by atoms with Gasteiger partial charge in [-0.25, -0.2) is 0 Å². The Bertz CT molecular complexity index is 474. The summed E-state index contributed by atoms with van der Waals surface area (Å²) in [6.07, 6.45) is 2.08. The van der Waals surface area contributed by atoms with Crippen LogP contribution in [0.15, 0.2) is 54.6 Å². The molecule has 17 heavy (non-hydrogen) atoms. The maximum Gasteiger partial charge on any atom is 0.211 e. The largest absolute Gasteiger partial charge is 0.497 e. The second-order valence-corrected chi connectivity index (χ2v) is 3.73. The van der Waals surface area contributed by atoms with Gasteiger partial charge in [0.25, 0.3) is 0 Å². The van der Waals surface area contributed by atoms with E-state index in [9.17, 15) is 4.79 Å². The van der Waals surface area contributed by atoms with Gasteiger partial charge in [-0.3, -0.25) is 4.79 Å². The van der Waals surface area contributed by atoms with E-state index in [1.165, 1.54) is 0 Å². The van der Waals surface area contributed by atoms with E-state index in [1.54, 1.807) is 7.11 Å². The number of methoxy groups -OCH3 is 1. The molecule has 0 aliphatic rings. The van der Waals surface area contributed by atoms with E-state index < -0.39 is 0 Å². The van der Waals surface area contributed by atoms with Crippen molar-refractivity contribution in [2.75, 3.05) is 7.11 Å². The van der Waals surface area contributed by atoms with Crippen LogP contribution in [0.1, 0.15) is 17.0 Å². The lowest BCUT2D eigenvalue weighted by atomic mass is 9.93. The Hall–Kier alpha value is -2.09. The van der Waals surface area contributed by atoms with Gasteiger partial charge < -0.3 is 4.74 Å². The molecular weight excluding hydrogens is 212 g/mol. The minimum absolute atomic E-state index is 0.331. The van der Waals surface area contributed by atoms with Crippen molar-refractivity contribution >= 4 is 6.29 Å². The smallest absolute Gasteiger partial charge is 0.211 e. The molecule has 0 aliphatic carbocycles. The molecule has 2 aromatic rings. The number of rotatable bonds is 4. The van der Waals surface area contributed by atoms with Crippen LogP contribution >= 0.6 is 0 Å². The Labute approximate surface area is 101 Å². The summed E-state index contributed by atoms with van der Waals surface area (Å²) in [5.41, 5.74) is 1.87. The van der Waals surface area contributed by atoms with Crippen LogP contribution in [0.4, 0.5) is 0 Å². The zero-order valence-electron chi connectivity index (χ0n) is 9.59. The van der Waals surface area contributed by atoms with Gasteiger partial charge in [0.15, 0.2) is 0 Å². The fraction of sp³-hybridized carbons (Fsp3) is 0.133. The van der Waals surface area contributed by atoms with Crippen LogP contribution in [0.2, 0.25) is 0 Å². The molecule has 1 atom stereocenters. The third-order valence-corrected chi connectivity index (χ3v) is 2.70.